The van der Waals surface area contributed by atoms with E-state index in [1.54, 1.807) is 12.1 Å². The predicted molar refractivity (Wildman–Crippen MR) is 132 cm³/mol. The molecular formula is C24H14Cl2N2O6S. The van der Waals surface area contributed by atoms with Gasteiger partial charge in [0, 0.05) is 27.7 Å². The molecule has 3 aromatic carbocycles. The first-order valence-corrected chi connectivity index (χ1v) is 11.5. The normalized spacial score (nSPS) is 14.5. The Morgan fingerprint density at radius 1 is 1.00 bits per heavy atom. The van der Waals surface area contributed by atoms with Gasteiger partial charge in [-0.15, -0.1) is 0 Å². The molecule has 1 fully saturated rings. The molecule has 1 aliphatic heterocycles. The summed E-state index contributed by atoms with van der Waals surface area (Å²) in [6, 6.07) is 16.3. The second kappa shape index (κ2) is 10.3. The molecule has 0 unspecified atom stereocenters. The molecule has 11 heteroatoms. The molecule has 35 heavy (non-hydrogen) atoms. The average Bonchev–Trinajstić information content (AvgIpc) is 3.09. The molecule has 0 aromatic heterocycles. The Bertz CT molecular complexity index is 1370. The Balaban J connectivity index is 1.56. The van der Waals surface area contributed by atoms with Gasteiger partial charge in [-0.25, -0.2) is 4.79 Å². The highest BCUT2D eigenvalue weighted by atomic mass is 35.5. The highest BCUT2D eigenvalue weighted by Crippen LogP contribution is 2.36. The number of esters is 1. The molecule has 0 radical (unpaired) electrons. The lowest BCUT2D eigenvalue weighted by Gasteiger charge is -2.12. The number of hydrogen-bond acceptors (Lipinski definition) is 7. The molecular weight excluding hydrogens is 515 g/mol. The minimum absolute atomic E-state index is 0.0477. The summed E-state index contributed by atoms with van der Waals surface area (Å²) in [6.07, 6.45) is 1.43. The van der Waals surface area contributed by atoms with Crippen molar-refractivity contribution in [1.29, 1.82) is 0 Å². The van der Waals surface area contributed by atoms with Crippen LogP contribution in [0.25, 0.3) is 6.08 Å². The number of rotatable bonds is 6. The molecule has 8 nitrogen and oxygen atoms in total. The number of imide groups is 1. The maximum absolute atomic E-state index is 12.9. The van der Waals surface area contributed by atoms with Gasteiger partial charge in [0.25, 0.3) is 16.8 Å². The fourth-order valence-corrected chi connectivity index (χ4v) is 4.29. The number of hydrogen-bond donors (Lipinski definition) is 0. The molecule has 1 saturated heterocycles. The number of nitrogens with zero attached hydrogens (tertiary/aromatic N) is 2. The smallest absolute Gasteiger partial charge is 0.343 e. The summed E-state index contributed by atoms with van der Waals surface area (Å²) in [7, 11) is 0. The zero-order valence-corrected chi connectivity index (χ0v) is 20.0. The number of amides is 2. The van der Waals surface area contributed by atoms with Crippen LogP contribution in [0.3, 0.4) is 0 Å². The van der Waals surface area contributed by atoms with Gasteiger partial charge in [0.1, 0.15) is 5.75 Å². The maximum Gasteiger partial charge on any atom is 0.343 e. The molecule has 3 aromatic rings. The van der Waals surface area contributed by atoms with E-state index in [-0.39, 0.29) is 28.5 Å². The van der Waals surface area contributed by atoms with Crippen LogP contribution in [0, 0.1) is 10.1 Å². The molecule has 1 heterocycles. The number of benzene rings is 3. The quantitative estimate of drug-likeness (QED) is 0.120. The van der Waals surface area contributed by atoms with E-state index in [1.165, 1.54) is 60.7 Å². The summed E-state index contributed by atoms with van der Waals surface area (Å²) in [6.45, 7) is -0.0477. The summed E-state index contributed by atoms with van der Waals surface area (Å²) >= 11 is 12.7. The standard InChI is InChI=1S/C24H14Cl2N2O6S/c25-17-5-3-15(4-6-17)23(30)34-20-10-7-18(26)11-16(20)12-21-22(29)27(24(31)35-21)13-14-1-8-19(9-2-14)28(32)33/h1-12H,13H2/b21-12-. The van der Waals surface area contributed by atoms with Crippen molar-refractivity contribution < 1.29 is 24.0 Å². The molecule has 0 bridgehead atoms. The van der Waals surface area contributed by atoms with Gasteiger partial charge < -0.3 is 4.74 Å². The number of carbonyl (C=O) groups is 3. The summed E-state index contributed by atoms with van der Waals surface area (Å²) < 4.78 is 5.49. The van der Waals surface area contributed by atoms with Gasteiger partial charge in [0.2, 0.25) is 0 Å². The van der Waals surface area contributed by atoms with E-state index in [0.29, 0.717) is 21.2 Å². The SMILES string of the molecule is O=C(Oc1ccc(Cl)cc1/C=C1\SC(=O)N(Cc2ccc([N+](=O)[O-])cc2)C1=O)c1ccc(Cl)cc1. The lowest BCUT2D eigenvalue weighted by atomic mass is 10.1. The molecule has 0 aliphatic carbocycles. The second-order valence-electron chi connectivity index (χ2n) is 7.27. The molecule has 1 aliphatic rings. The number of ether oxygens (including phenoxy) is 1. The third-order valence-electron chi connectivity index (χ3n) is 4.90. The van der Waals surface area contributed by atoms with Gasteiger partial charge in [0.05, 0.1) is 21.9 Å². The van der Waals surface area contributed by atoms with Crippen molar-refractivity contribution in [2.75, 3.05) is 0 Å². The Hall–Kier alpha value is -3.66. The molecule has 0 saturated carbocycles. The van der Waals surface area contributed by atoms with Crippen LogP contribution in [-0.2, 0) is 11.3 Å². The summed E-state index contributed by atoms with van der Waals surface area (Å²) in [5.74, 6) is -1.03. The molecule has 0 spiro atoms. The largest absolute Gasteiger partial charge is 0.422 e. The zero-order valence-electron chi connectivity index (χ0n) is 17.6. The third-order valence-corrected chi connectivity index (χ3v) is 6.30. The predicted octanol–water partition coefficient (Wildman–Crippen LogP) is 6.36. The Morgan fingerprint density at radius 2 is 1.66 bits per heavy atom. The monoisotopic (exact) mass is 528 g/mol. The lowest BCUT2D eigenvalue weighted by Crippen LogP contribution is -2.27. The topological polar surface area (TPSA) is 107 Å². The van der Waals surface area contributed by atoms with Crippen LogP contribution in [0.2, 0.25) is 10.0 Å². The van der Waals surface area contributed by atoms with Crippen molar-refractivity contribution in [2.24, 2.45) is 0 Å². The van der Waals surface area contributed by atoms with Gasteiger partial charge in [-0.2, -0.15) is 0 Å². The lowest BCUT2D eigenvalue weighted by molar-refractivity contribution is -0.384. The van der Waals surface area contributed by atoms with E-state index in [4.69, 9.17) is 27.9 Å². The Morgan fingerprint density at radius 3 is 2.31 bits per heavy atom. The number of nitro groups is 1. The highest BCUT2D eigenvalue weighted by molar-refractivity contribution is 8.18. The molecule has 4 rings (SSSR count). The number of nitro benzene ring substituents is 1. The Labute approximate surface area is 213 Å². The van der Waals surface area contributed by atoms with Crippen molar-refractivity contribution in [2.45, 2.75) is 6.54 Å². The van der Waals surface area contributed by atoms with Crippen molar-refractivity contribution >= 4 is 63.8 Å². The fourth-order valence-electron chi connectivity index (χ4n) is 3.15. The van der Waals surface area contributed by atoms with E-state index in [2.05, 4.69) is 0 Å². The van der Waals surface area contributed by atoms with Crippen LogP contribution >= 0.6 is 35.0 Å². The number of carbonyl (C=O) groups excluding carboxylic acids is 3. The molecule has 0 N–H and O–H groups in total. The minimum Gasteiger partial charge on any atom is -0.422 e. The van der Waals surface area contributed by atoms with Crippen LogP contribution in [0.15, 0.2) is 71.6 Å². The second-order valence-corrected chi connectivity index (χ2v) is 9.14. The van der Waals surface area contributed by atoms with E-state index in [9.17, 15) is 24.5 Å². The van der Waals surface area contributed by atoms with Gasteiger partial charge in [-0.3, -0.25) is 24.6 Å². The van der Waals surface area contributed by atoms with Crippen LogP contribution < -0.4 is 4.74 Å². The van der Waals surface area contributed by atoms with E-state index in [1.807, 2.05) is 0 Å². The number of non-ortho nitro benzene ring substituents is 1. The average molecular weight is 529 g/mol. The first-order chi connectivity index (χ1) is 16.7. The van der Waals surface area contributed by atoms with Crippen molar-refractivity contribution in [3.8, 4) is 5.75 Å². The molecule has 0 atom stereocenters. The summed E-state index contributed by atoms with van der Waals surface area (Å²) in [5, 5.41) is 11.1. The van der Waals surface area contributed by atoms with Gasteiger partial charge in [0.15, 0.2) is 0 Å². The zero-order chi connectivity index (χ0) is 25.1. The van der Waals surface area contributed by atoms with E-state index >= 15 is 0 Å². The van der Waals surface area contributed by atoms with Gasteiger partial charge in [-0.05, 0) is 65.9 Å². The summed E-state index contributed by atoms with van der Waals surface area (Å²) in [4.78, 5) is 49.4. The van der Waals surface area contributed by atoms with Crippen LogP contribution in [0.4, 0.5) is 10.5 Å². The van der Waals surface area contributed by atoms with Crippen molar-refractivity contribution in [3.05, 3.63) is 108 Å². The maximum atomic E-state index is 12.9. The van der Waals surface area contributed by atoms with E-state index in [0.717, 1.165) is 16.7 Å². The van der Waals surface area contributed by atoms with Gasteiger partial charge in [-0.1, -0.05) is 35.3 Å². The summed E-state index contributed by atoms with van der Waals surface area (Å²) in [5.41, 5.74) is 1.07. The van der Waals surface area contributed by atoms with Crippen LogP contribution in [0.1, 0.15) is 21.5 Å². The van der Waals surface area contributed by atoms with Gasteiger partial charge >= 0.3 is 5.97 Å². The van der Waals surface area contributed by atoms with Crippen LogP contribution in [0.5, 0.6) is 5.75 Å². The molecule has 2 amide bonds. The third kappa shape index (κ3) is 5.71. The van der Waals surface area contributed by atoms with E-state index < -0.39 is 22.0 Å². The van der Waals surface area contributed by atoms with Crippen LogP contribution in [-0.4, -0.2) is 26.9 Å². The van der Waals surface area contributed by atoms with Crippen molar-refractivity contribution in [1.82, 2.24) is 4.90 Å². The minimum atomic E-state index is -0.634. The molecule has 176 valence electrons. The van der Waals surface area contributed by atoms with Crippen molar-refractivity contribution in [3.63, 3.8) is 0 Å². The Kier molecular flexibility index (Phi) is 7.20. The first-order valence-electron chi connectivity index (χ1n) is 9.97. The fraction of sp³-hybridized carbons (Fsp3) is 0.0417. The number of thioether (sulfide) groups is 1. The highest BCUT2D eigenvalue weighted by Gasteiger charge is 2.35. The number of halogens is 2. The first kappa shape index (κ1) is 24.5.